The number of nitrogens with two attached hydrogens (primary N) is 1. The summed E-state index contributed by atoms with van der Waals surface area (Å²) in [6.07, 6.45) is -4.64. The molecule has 1 aromatic carbocycles. The number of aromatic nitrogens is 1. The molecule has 0 radical (unpaired) electrons. The molecule has 0 fully saturated rings. The molecule has 0 bridgehead atoms. The van der Waals surface area contributed by atoms with E-state index in [2.05, 4.69) is 9.98 Å². The van der Waals surface area contributed by atoms with Crippen LogP contribution in [0.25, 0.3) is 0 Å². The Kier molecular flexibility index (Phi) is 5.24. The highest BCUT2D eigenvalue weighted by Gasteiger charge is 2.37. The molecule has 0 saturated carbocycles. The third kappa shape index (κ3) is 3.69. The highest BCUT2D eigenvalue weighted by Crippen LogP contribution is 2.41. The molecular weight excluding hydrogens is 404 g/mol. The van der Waals surface area contributed by atoms with E-state index in [1.54, 1.807) is 6.92 Å². The standard InChI is InChI=1S/C17H15Cl2F3N4O/c1-8-7-26(23)11-5-3-9(17(20,21)22)14(19)13(11)16(24-8)15-10(18)4-6-12(25-15)27-2/h3-6,8H,7,23H2,1-2H3/t8-/m0/s1. The SMILES string of the molecule is COc1ccc(Cl)c(C2=N[C@@H](C)CN(N)c3ccc(C(F)(F)F)c(Cl)c32)n1. The number of benzodiazepines with no additional fused rings is 1. The van der Waals surface area contributed by atoms with Gasteiger partial charge in [-0.15, -0.1) is 0 Å². The van der Waals surface area contributed by atoms with Gasteiger partial charge in [-0.3, -0.25) is 4.99 Å². The number of ether oxygens (including phenoxy) is 1. The minimum absolute atomic E-state index is 0.0287. The van der Waals surface area contributed by atoms with E-state index in [1.807, 2.05) is 0 Å². The number of hydrogen-bond acceptors (Lipinski definition) is 5. The van der Waals surface area contributed by atoms with Crippen molar-refractivity contribution in [3.05, 3.63) is 51.1 Å². The molecule has 2 N–H and O–H groups in total. The summed E-state index contributed by atoms with van der Waals surface area (Å²) in [6, 6.07) is 4.89. The van der Waals surface area contributed by atoms with Crippen LogP contribution >= 0.6 is 23.2 Å². The first kappa shape index (κ1) is 19.7. The molecule has 5 nitrogen and oxygen atoms in total. The van der Waals surface area contributed by atoms with Crippen LogP contribution in [0.5, 0.6) is 5.88 Å². The van der Waals surface area contributed by atoms with E-state index in [1.165, 1.54) is 30.3 Å². The van der Waals surface area contributed by atoms with Crippen molar-refractivity contribution in [3.63, 3.8) is 0 Å². The third-order valence-electron chi connectivity index (χ3n) is 4.04. The number of hydrogen-bond donors (Lipinski definition) is 1. The maximum absolute atomic E-state index is 13.4. The van der Waals surface area contributed by atoms with Crippen LogP contribution in [0.4, 0.5) is 18.9 Å². The number of aliphatic imine (C=N–C) groups is 1. The Labute approximate surface area is 163 Å². The molecule has 3 rings (SSSR count). The van der Waals surface area contributed by atoms with E-state index in [-0.39, 0.29) is 40.5 Å². The van der Waals surface area contributed by atoms with Crippen LogP contribution in [-0.2, 0) is 6.18 Å². The van der Waals surface area contributed by atoms with Gasteiger partial charge in [-0.2, -0.15) is 13.2 Å². The summed E-state index contributed by atoms with van der Waals surface area (Å²) in [5, 5.41) is 1.01. The minimum atomic E-state index is -4.64. The van der Waals surface area contributed by atoms with Gasteiger partial charge >= 0.3 is 6.18 Å². The second-order valence-electron chi connectivity index (χ2n) is 5.98. The van der Waals surface area contributed by atoms with Crippen molar-refractivity contribution in [1.82, 2.24) is 4.98 Å². The van der Waals surface area contributed by atoms with Crippen molar-refractivity contribution in [1.29, 1.82) is 0 Å². The zero-order valence-electron chi connectivity index (χ0n) is 14.3. The number of fused-ring (bicyclic) bond motifs is 1. The maximum Gasteiger partial charge on any atom is 0.417 e. The molecule has 27 heavy (non-hydrogen) atoms. The average molecular weight is 419 g/mol. The molecule has 0 spiro atoms. The molecule has 1 aliphatic rings. The quantitative estimate of drug-likeness (QED) is 0.736. The molecule has 2 heterocycles. The summed E-state index contributed by atoms with van der Waals surface area (Å²) >= 11 is 12.4. The topological polar surface area (TPSA) is 63.7 Å². The monoisotopic (exact) mass is 418 g/mol. The van der Waals surface area contributed by atoms with Crippen molar-refractivity contribution in [2.75, 3.05) is 18.7 Å². The van der Waals surface area contributed by atoms with Gasteiger partial charge in [-0.05, 0) is 25.1 Å². The van der Waals surface area contributed by atoms with Gasteiger partial charge in [-0.25, -0.2) is 10.8 Å². The third-order valence-corrected chi connectivity index (χ3v) is 4.73. The lowest BCUT2D eigenvalue weighted by Crippen LogP contribution is -2.36. The summed E-state index contributed by atoms with van der Waals surface area (Å²) in [6.45, 7) is 2.05. The van der Waals surface area contributed by atoms with Crippen molar-refractivity contribution >= 4 is 34.6 Å². The molecular formula is C17H15Cl2F3N4O. The fourth-order valence-electron chi connectivity index (χ4n) is 2.84. The van der Waals surface area contributed by atoms with Crippen molar-refractivity contribution < 1.29 is 17.9 Å². The maximum atomic E-state index is 13.4. The van der Waals surface area contributed by atoms with Gasteiger partial charge in [0.1, 0.15) is 5.69 Å². The Balaban J connectivity index is 2.35. The first-order chi connectivity index (χ1) is 12.6. The van der Waals surface area contributed by atoms with Crippen molar-refractivity contribution in [2.24, 2.45) is 10.8 Å². The van der Waals surface area contributed by atoms with E-state index >= 15 is 0 Å². The van der Waals surface area contributed by atoms with Crippen LogP contribution < -0.4 is 15.6 Å². The first-order valence-electron chi connectivity index (χ1n) is 7.84. The van der Waals surface area contributed by atoms with E-state index < -0.39 is 16.8 Å². The van der Waals surface area contributed by atoms with Crippen LogP contribution in [-0.4, -0.2) is 30.4 Å². The van der Waals surface area contributed by atoms with Crippen molar-refractivity contribution in [2.45, 2.75) is 19.1 Å². The highest BCUT2D eigenvalue weighted by atomic mass is 35.5. The van der Waals surface area contributed by atoms with Crippen LogP contribution in [0.1, 0.15) is 23.7 Å². The van der Waals surface area contributed by atoms with Crippen LogP contribution in [0, 0.1) is 0 Å². The fraction of sp³-hybridized carbons (Fsp3) is 0.294. The van der Waals surface area contributed by atoms with Gasteiger partial charge in [-0.1, -0.05) is 23.2 Å². The number of pyridine rings is 1. The van der Waals surface area contributed by atoms with Gasteiger partial charge in [0.05, 0.1) is 46.7 Å². The number of hydrazine groups is 1. The summed E-state index contributed by atoms with van der Waals surface area (Å²) < 4.78 is 45.3. The largest absolute Gasteiger partial charge is 0.481 e. The number of benzene rings is 1. The number of anilines is 1. The number of alkyl halides is 3. The second kappa shape index (κ2) is 7.18. The van der Waals surface area contributed by atoms with E-state index in [0.717, 1.165) is 6.07 Å². The predicted molar refractivity (Wildman–Crippen MR) is 98.9 cm³/mol. The van der Waals surface area contributed by atoms with Gasteiger partial charge in [0.25, 0.3) is 0 Å². The number of methoxy groups -OCH3 is 1. The number of rotatable bonds is 2. The van der Waals surface area contributed by atoms with E-state index in [9.17, 15) is 13.2 Å². The summed E-state index contributed by atoms with van der Waals surface area (Å²) in [7, 11) is 1.42. The van der Waals surface area contributed by atoms with Gasteiger partial charge in [0, 0.05) is 11.6 Å². The molecule has 10 heteroatoms. The molecule has 0 saturated heterocycles. The highest BCUT2D eigenvalue weighted by molar-refractivity contribution is 6.40. The van der Waals surface area contributed by atoms with Crippen LogP contribution in [0.2, 0.25) is 10.0 Å². The molecule has 1 aliphatic heterocycles. The lowest BCUT2D eigenvalue weighted by Gasteiger charge is -2.22. The molecule has 0 unspecified atom stereocenters. The van der Waals surface area contributed by atoms with Crippen LogP contribution in [0.15, 0.2) is 29.3 Å². The van der Waals surface area contributed by atoms with Crippen LogP contribution in [0.3, 0.4) is 0 Å². The lowest BCUT2D eigenvalue weighted by atomic mass is 10.0. The zero-order chi connectivity index (χ0) is 19.9. The normalized spacial score (nSPS) is 17.3. The Hall–Kier alpha value is -2.03. The second-order valence-corrected chi connectivity index (χ2v) is 6.77. The Morgan fingerprint density at radius 2 is 1.93 bits per heavy atom. The Morgan fingerprint density at radius 3 is 2.56 bits per heavy atom. The van der Waals surface area contributed by atoms with E-state index in [4.69, 9.17) is 33.8 Å². The summed E-state index contributed by atoms with van der Waals surface area (Å²) in [5.74, 6) is 6.28. The van der Waals surface area contributed by atoms with Crippen molar-refractivity contribution in [3.8, 4) is 5.88 Å². The first-order valence-corrected chi connectivity index (χ1v) is 8.60. The molecule has 0 aliphatic carbocycles. The molecule has 1 aromatic heterocycles. The van der Waals surface area contributed by atoms with Gasteiger partial charge < -0.3 is 9.75 Å². The summed E-state index contributed by atoms with van der Waals surface area (Å²) in [4.78, 5) is 8.76. The average Bonchev–Trinajstić information content (AvgIpc) is 2.71. The zero-order valence-corrected chi connectivity index (χ0v) is 15.8. The van der Waals surface area contributed by atoms with E-state index in [0.29, 0.717) is 5.69 Å². The smallest absolute Gasteiger partial charge is 0.417 e. The molecule has 0 amide bonds. The van der Waals surface area contributed by atoms with Gasteiger partial charge in [0.2, 0.25) is 5.88 Å². The summed E-state index contributed by atoms with van der Waals surface area (Å²) in [5.41, 5.74) is -0.360. The lowest BCUT2D eigenvalue weighted by molar-refractivity contribution is -0.137. The Morgan fingerprint density at radius 1 is 1.22 bits per heavy atom. The minimum Gasteiger partial charge on any atom is -0.481 e. The Bertz CT molecular complexity index is 918. The molecule has 144 valence electrons. The van der Waals surface area contributed by atoms with Gasteiger partial charge in [0.15, 0.2) is 0 Å². The fourth-order valence-corrected chi connectivity index (χ4v) is 3.39. The number of nitrogens with zero attached hydrogens (tertiary/aromatic N) is 3. The number of halogens is 5. The predicted octanol–water partition coefficient (Wildman–Crippen LogP) is 4.34. The molecule has 2 aromatic rings. The molecule has 1 atom stereocenters.